The molecule has 0 saturated heterocycles. The van der Waals surface area contributed by atoms with Gasteiger partial charge in [0.15, 0.2) is 11.3 Å². The number of anilines is 1. The Kier molecular flexibility index (Phi) is 5.61. The minimum absolute atomic E-state index is 0.0532. The molecule has 1 aliphatic heterocycles. The van der Waals surface area contributed by atoms with Crippen molar-refractivity contribution >= 4 is 17.3 Å². The average molecular weight is 399 g/mol. The molecular formula is C25H26N4O. The van der Waals surface area contributed by atoms with Crippen LogP contribution >= 0.6 is 0 Å². The van der Waals surface area contributed by atoms with E-state index in [9.17, 15) is 4.79 Å². The lowest BCUT2D eigenvalue weighted by molar-refractivity contribution is -0.124. The van der Waals surface area contributed by atoms with E-state index in [0.717, 1.165) is 28.8 Å². The zero-order valence-electron chi connectivity index (χ0n) is 17.1. The maximum atomic E-state index is 13.7. The van der Waals surface area contributed by atoms with Crippen molar-refractivity contribution < 1.29 is 4.79 Å². The number of hydrogen-bond acceptors (Lipinski definition) is 5. The molecule has 4 rings (SSSR count). The number of nitrogens with one attached hydrogen (secondary N) is 1. The Morgan fingerprint density at radius 2 is 1.83 bits per heavy atom. The second-order valence-electron chi connectivity index (χ2n) is 7.61. The number of hydrogen-bond donors (Lipinski definition) is 2. The lowest BCUT2D eigenvalue weighted by Crippen LogP contribution is -2.36. The Balaban J connectivity index is 1.73. The van der Waals surface area contributed by atoms with Crippen molar-refractivity contribution in [1.29, 1.82) is 0 Å². The molecule has 0 spiro atoms. The number of rotatable bonds is 7. The normalized spacial score (nSPS) is 20.8. The fraction of sp³-hybridized carbons (Fsp3) is 0.240. The number of aromatic nitrogens is 1. The number of Topliss-reactive ketones (excluding diaryl/α,β-unsaturated/α-hetero) is 1. The quantitative estimate of drug-likeness (QED) is 0.622. The average Bonchev–Trinajstić information content (AvgIpc) is 3.05. The standard InChI is InChI=1S/C25H26N4O/c1-2-8-22-23(30)25(29-24(22)26,19-10-4-3-5-11-19)20-12-6-13-21(15-20)28-17-18-9-7-14-27-16-18/h3-7,9-16,22,28H,2,8,17H2,1H3,(H2,26,29). The van der Waals surface area contributed by atoms with Crippen molar-refractivity contribution in [3.8, 4) is 0 Å². The Morgan fingerprint density at radius 3 is 2.57 bits per heavy atom. The zero-order valence-corrected chi connectivity index (χ0v) is 17.1. The van der Waals surface area contributed by atoms with Crippen LogP contribution in [0.4, 0.5) is 5.69 Å². The Hall–Kier alpha value is -3.47. The number of nitrogens with two attached hydrogens (primary N) is 1. The molecule has 0 radical (unpaired) electrons. The first-order valence-corrected chi connectivity index (χ1v) is 10.3. The molecular weight excluding hydrogens is 372 g/mol. The van der Waals surface area contributed by atoms with Crippen LogP contribution in [0.5, 0.6) is 0 Å². The summed E-state index contributed by atoms with van der Waals surface area (Å²) in [5.74, 6) is 0.138. The van der Waals surface area contributed by atoms with E-state index in [4.69, 9.17) is 10.7 Å². The summed E-state index contributed by atoms with van der Waals surface area (Å²) < 4.78 is 0. The highest BCUT2D eigenvalue weighted by Gasteiger charge is 2.50. The Morgan fingerprint density at radius 1 is 1.03 bits per heavy atom. The van der Waals surface area contributed by atoms with Gasteiger partial charge in [-0.2, -0.15) is 0 Å². The molecule has 2 heterocycles. The van der Waals surface area contributed by atoms with E-state index in [-0.39, 0.29) is 11.7 Å². The van der Waals surface area contributed by atoms with Crippen LogP contribution in [0.1, 0.15) is 36.5 Å². The number of nitrogens with zero attached hydrogens (tertiary/aromatic N) is 2. The number of benzene rings is 2. The highest BCUT2D eigenvalue weighted by atomic mass is 16.1. The molecule has 1 aliphatic rings. The van der Waals surface area contributed by atoms with E-state index >= 15 is 0 Å². The van der Waals surface area contributed by atoms with Crippen molar-refractivity contribution in [1.82, 2.24) is 4.98 Å². The van der Waals surface area contributed by atoms with E-state index in [1.54, 1.807) is 6.20 Å². The maximum Gasteiger partial charge on any atom is 0.180 e. The van der Waals surface area contributed by atoms with Crippen LogP contribution in [-0.2, 0) is 16.9 Å². The van der Waals surface area contributed by atoms with Gasteiger partial charge in [-0.3, -0.25) is 9.78 Å². The van der Waals surface area contributed by atoms with Crippen molar-refractivity contribution in [2.24, 2.45) is 16.6 Å². The molecule has 5 nitrogen and oxygen atoms in total. The SMILES string of the molecule is CCCC1C(=O)C(c2ccccc2)(c2cccc(NCc3cccnc3)c2)N=C1N. The van der Waals surface area contributed by atoms with E-state index in [1.807, 2.05) is 72.9 Å². The van der Waals surface area contributed by atoms with Gasteiger partial charge in [0, 0.05) is 24.6 Å². The molecule has 0 fully saturated rings. The largest absolute Gasteiger partial charge is 0.387 e. The first-order valence-electron chi connectivity index (χ1n) is 10.3. The van der Waals surface area contributed by atoms with Crippen molar-refractivity contribution in [3.63, 3.8) is 0 Å². The predicted molar refractivity (Wildman–Crippen MR) is 120 cm³/mol. The summed E-state index contributed by atoms with van der Waals surface area (Å²) in [6.45, 7) is 2.71. The van der Waals surface area contributed by atoms with E-state index in [2.05, 4.69) is 17.2 Å². The molecule has 1 aromatic heterocycles. The van der Waals surface area contributed by atoms with Crippen LogP contribution in [0.25, 0.3) is 0 Å². The van der Waals surface area contributed by atoms with Gasteiger partial charge in [-0.1, -0.05) is 61.9 Å². The molecule has 2 atom stereocenters. The van der Waals surface area contributed by atoms with Gasteiger partial charge >= 0.3 is 0 Å². The van der Waals surface area contributed by atoms with Gasteiger partial charge in [-0.15, -0.1) is 0 Å². The molecule has 0 bridgehead atoms. The fourth-order valence-corrected chi connectivity index (χ4v) is 4.10. The van der Waals surface area contributed by atoms with Gasteiger partial charge in [0.2, 0.25) is 0 Å². The summed E-state index contributed by atoms with van der Waals surface area (Å²) in [4.78, 5) is 22.7. The third kappa shape index (κ3) is 3.59. The first-order chi connectivity index (χ1) is 14.6. The zero-order chi connectivity index (χ0) is 21.0. The van der Waals surface area contributed by atoms with Gasteiger partial charge in [-0.25, -0.2) is 4.99 Å². The highest BCUT2D eigenvalue weighted by molar-refractivity contribution is 6.14. The van der Waals surface area contributed by atoms with Gasteiger partial charge in [0.1, 0.15) is 5.84 Å². The second kappa shape index (κ2) is 8.49. The third-order valence-electron chi connectivity index (χ3n) is 5.60. The van der Waals surface area contributed by atoms with E-state index in [0.29, 0.717) is 18.8 Å². The predicted octanol–water partition coefficient (Wildman–Crippen LogP) is 4.29. The molecule has 0 aliphatic carbocycles. The lowest BCUT2D eigenvalue weighted by Gasteiger charge is -2.27. The minimum atomic E-state index is -1.10. The number of amidine groups is 1. The molecule has 3 N–H and O–H groups in total. The van der Waals surface area contributed by atoms with Crippen molar-refractivity contribution in [3.05, 3.63) is 95.8 Å². The molecule has 0 amide bonds. The number of ketones is 1. The summed E-state index contributed by atoms with van der Waals surface area (Å²) in [7, 11) is 0. The van der Waals surface area contributed by atoms with Crippen molar-refractivity contribution in [2.75, 3.05) is 5.32 Å². The number of carbonyl (C=O) groups is 1. The van der Waals surface area contributed by atoms with Gasteiger partial charge in [0.05, 0.1) is 5.92 Å². The molecule has 30 heavy (non-hydrogen) atoms. The van der Waals surface area contributed by atoms with Crippen LogP contribution in [0, 0.1) is 5.92 Å². The summed E-state index contributed by atoms with van der Waals surface area (Å²) in [6, 6.07) is 21.6. The summed E-state index contributed by atoms with van der Waals surface area (Å²) in [5, 5.41) is 3.42. The van der Waals surface area contributed by atoms with Gasteiger partial charge in [0.25, 0.3) is 0 Å². The van der Waals surface area contributed by atoms with E-state index in [1.165, 1.54) is 0 Å². The minimum Gasteiger partial charge on any atom is -0.387 e. The first kappa shape index (κ1) is 19.8. The molecule has 0 saturated carbocycles. The molecule has 5 heteroatoms. The smallest absolute Gasteiger partial charge is 0.180 e. The highest BCUT2D eigenvalue weighted by Crippen LogP contribution is 2.43. The Labute approximate surface area is 177 Å². The fourth-order valence-electron chi connectivity index (χ4n) is 4.10. The summed E-state index contributed by atoms with van der Waals surface area (Å²) in [6.07, 6.45) is 5.18. The summed E-state index contributed by atoms with van der Waals surface area (Å²) in [5.41, 5.74) is 8.87. The molecule has 152 valence electrons. The lowest BCUT2D eigenvalue weighted by atomic mass is 9.77. The van der Waals surface area contributed by atoms with Crippen LogP contribution in [0.15, 0.2) is 84.1 Å². The van der Waals surface area contributed by atoms with Gasteiger partial charge < -0.3 is 11.1 Å². The molecule has 2 unspecified atom stereocenters. The number of pyridine rings is 1. The molecule has 2 aromatic carbocycles. The van der Waals surface area contributed by atoms with Gasteiger partial charge in [-0.05, 0) is 41.3 Å². The topological polar surface area (TPSA) is 80.4 Å². The van der Waals surface area contributed by atoms with Crippen LogP contribution < -0.4 is 11.1 Å². The second-order valence-corrected chi connectivity index (χ2v) is 7.61. The Bertz CT molecular complexity index is 1050. The van der Waals surface area contributed by atoms with Crippen molar-refractivity contribution in [2.45, 2.75) is 31.8 Å². The van der Waals surface area contributed by atoms with E-state index < -0.39 is 5.54 Å². The van der Waals surface area contributed by atoms with Crippen LogP contribution in [0.3, 0.4) is 0 Å². The monoisotopic (exact) mass is 398 g/mol. The molecule has 3 aromatic rings. The summed E-state index contributed by atoms with van der Waals surface area (Å²) >= 11 is 0. The third-order valence-corrected chi connectivity index (χ3v) is 5.60. The van der Waals surface area contributed by atoms with Crippen LogP contribution in [-0.4, -0.2) is 16.6 Å². The van der Waals surface area contributed by atoms with Crippen LogP contribution in [0.2, 0.25) is 0 Å². The number of carbonyl (C=O) groups excluding carboxylic acids is 1. The number of aliphatic imine (C=N–C) groups is 1. The maximum absolute atomic E-state index is 13.7.